The summed E-state index contributed by atoms with van der Waals surface area (Å²) in [4.78, 5) is 22.0. The minimum Gasteiger partial charge on any atom is -0.385 e. The molecule has 0 aliphatic rings. The van der Waals surface area contributed by atoms with E-state index in [9.17, 15) is 9.59 Å². The molecule has 2 N–H and O–H groups in total. The SMILES string of the molecule is CCCCNC(=O)C(=O)C(O)CC. The number of unbranched alkanes of at least 4 members (excludes halogenated alkanes) is 1. The maximum atomic E-state index is 11.0. The van der Waals surface area contributed by atoms with Crippen molar-refractivity contribution in [3.8, 4) is 0 Å². The lowest BCUT2D eigenvalue weighted by molar-refractivity contribution is -0.142. The second kappa shape index (κ2) is 6.60. The third-order valence-electron chi connectivity index (χ3n) is 1.73. The van der Waals surface area contributed by atoms with Crippen molar-refractivity contribution in [2.45, 2.75) is 39.2 Å². The van der Waals surface area contributed by atoms with Gasteiger partial charge in [0.05, 0.1) is 0 Å². The summed E-state index contributed by atoms with van der Waals surface area (Å²) < 4.78 is 0. The number of aliphatic hydroxyl groups excluding tert-OH is 1. The van der Waals surface area contributed by atoms with Crippen LogP contribution in [0, 0.1) is 0 Å². The van der Waals surface area contributed by atoms with Crippen LogP contribution in [-0.4, -0.2) is 29.4 Å². The lowest BCUT2D eigenvalue weighted by Gasteiger charge is -2.06. The van der Waals surface area contributed by atoms with E-state index >= 15 is 0 Å². The Morgan fingerprint density at radius 3 is 2.46 bits per heavy atom. The summed E-state index contributed by atoms with van der Waals surface area (Å²) in [5, 5.41) is 11.5. The average molecular weight is 187 g/mol. The van der Waals surface area contributed by atoms with Crippen molar-refractivity contribution in [2.24, 2.45) is 0 Å². The zero-order valence-corrected chi connectivity index (χ0v) is 8.17. The molecule has 0 saturated carbocycles. The Bertz CT molecular complexity index is 180. The first-order valence-electron chi connectivity index (χ1n) is 4.63. The summed E-state index contributed by atoms with van der Waals surface area (Å²) in [6.07, 6.45) is 0.938. The number of amides is 1. The molecule has 0 bridgehead atoms. The fourth-order valence-corrected chi connectivity index (χ4v) is 0.803. The van der Waals surface area contributed by atoms with Gasteiger partial charge in [-0.15, -0.1) is 0 Å². The van der Waals surface area contributed by atoms with Crippen molar-refractivity contribution in [2.75, 3.05) is 6.54 Å². The standard InChI is InChI=1S/C9H17NO3/c1-3-5-6-10-9(13)8(12)7(11)4-2/h7,11H,3-6H2,1-2H3,(H,10,13). The molecule has 1 atom stereocenters. The van der Waals surface area contributed by atoms with Gasteiger partial charge in [0.2, 0.25) is 5.78 Å². The predicted octanol–water partition coefficient (Wildman–Crippen LogP) is 0.243. The van der Waals surface area contributed by atoms with Crippen molar-refractivity contribution < 1.29 is 14.7 Å². The molecule has 1 unspecified atom stereocenters. The zero-order valence-electron chi connectivity index (χ0n) is 8.17. The Hall–Kier alpha value is -0.900. The summed E-state index contributed by atoms with van der Waals surface area (Å²) in [7, 11) is 0. The number of carbonyl (C=O) groups excluding carboxylic acids is 2. The van der Waals surface area contributed by atoms with Gasteiger partial charge in [-0.1, -0.05) is 20.3 Å². The molecule has 0 fully saturated rings. The van der Waals surface area contributed by atoms with Gasteiger partial charge < -0.3 is 10.4 Å². The van der Waals surface area contributed by atoms with Gasteiger partial charge in [0.25, 0.3) is 5.91 Å². The minimum atomic E-state index is -1.15. The van der Waals surface area contributed by atoms with E-state index in [1.54, 1.807) is 6.92 Å². The maximum absolute atomic E-state index is 11.0. The molecule has 0 radical (unpaired) electrons. The van der Waals surface area contributed by atoms with Crippen LogP contribution >= 0.6 is 0 Å². The number of rotatable bonds is 6. The molecule has 0 aliphatic heterocycles. The molecule has 0 spiro atoms. The molecule has 13 heavy (non-hydrogen) atoms. The van der Waals surface area contributed by atoms with Crippen molar-refractivity contribution in [3.05, 3.63) is 0 Å². The topological polar surface area (TPSA) is 66.4 Å². The molecular weight excluding hydrogens is 170 g/mol. The Balaban J connectivity index is 3.76. The van der Waals surface area contributed by atoms with Crippen molar-refractivity contribution in [1.82, 2.24) is 5.32 Å². The van der Waals surface area contributed by atoms with E-state index < -0.39 is 17.8 Å². The van der Waals surface area contributed by atoms with E-state index in [2.05, 4.69) is 5.32 Å². The third kappa shape index (κ3) is 4.62. The summed E-state index contributed by atoms with van der Waals surface area (Å²) in [5.74, 6) is -1.42. The lowest BCUT2D eigenvalue weighted by Crippen LogP contribution is -2.38. The van der Waals surface area contributed by atoms with E-state index in [4.69, 9.17) is 5.11 Å². The third-order valence-corrected chi connectivity index (χ3v) is 1.73. The second-order valence-electron chi connectivity index (χ2n) is 2.90. The van der Waals surface area contributed by atoms with Crippen LogP contribution < -0.4 is 5.32 Å². The number of aliphatic hydroxyl groups is 1. The second-order valence-corrected chi connectivity index (χ2v) is 2.90. The number of ketones is 1. The van der Waals surface area contributed by atoms with Gasteiger partial charge in [-0.25, -0.2) is 0 Å². The summed E-state index contributed by atoms with van der Waals surface area (Å²) >= 11 is 0. The van der Waals surface area contributed by atoms with E-state index in [0.29, 0.717) is 6.54 Å². The Labute approximate surface area is 78.3 Å². The average Bonchev–Trinajstić information content (AvgIpc) is 2.15. The molecule has 4 heteroatoms. The first-order chi connectivity index (χ1) is 6.13. The summed E-state index contributed by atoms with van der Waals surface area (Å²) in [5.41, 5.74) is 0. The number of nitrogens with one attached hydrogen (secondary N) is 1. The van der Waals surface area contributed by atoms with Crippen LogP contribution in [0.1, 0.15) is 33.1 Å². The highest BCUT2D eigenvalue weighted by Gasteiger charge is 2.20. The molecule has 0 rings (SSSR count). The van der Waals surface area contributed by atoms with Gasteiger partial charge >= 0.3 is 0 Å². The highest BCUT2D eigenvalue weighted by Crippen LogP contribution is 1.92. The van der Waals surface area contributed by atoms with Crippen LogP contribution in [0.25, 0.3) is 0 Å². The summed E-state index contributed by atoms with van der Waals surface area (Å²) in [6, 6.07) is 0. The molecular formula is C9H17NO3. The monoisotopic (exact) mass is 187 g/mol. The maximum Gasteiger partial charge on any atom is 0.290 e. The van der Waals surface area contributed by atoms with Crippen LogP contribution in [0.2, 0.25) is 0 Å². The van der Waals surface area contributed by atoms with Gasteiger partial charge in [0.1, 0.15) is 6.10 Å². The number of hydrogen-bond acceptors (Lipinski definition) is 3. The van der Waals surface area contributed by atoms with Gasteiger partial charge in [0.15, 0.2) is 0 Å². The highest BCUT2D eigenvalue weighted by molar-refractivity contribution is 6.37. The van der Waals surface area contributed by atoms with Crippen LogP contribution in [0.15, 0.2) is 0 Å². The van der Waals surface area contributed by atoms with Crippen LogP contribution in [-0.2, 0) is 9.59 Å². The molecule has 76 valence electrons. The van der Waals surface area contributed by atoms with Crippen LogP contribution in [0.4, 0.5) is 0 Å². The Morgan fingerprint density at radius 1 is 1.38 bits per heavy atom. The zero-order chi connectivity index (χ0) is 10.3. The smallest absolute Gasteiger partial charge is 0.290 e. The van der Waals surface area contributed by atoms with Crippen molar-refractivity contribution in [1.29, 1.82) is 0 Å². The first-order valence-corrected chi connectivity index (χ1v) is 4.63. The lowest BCUT2D eigenvalue weighted by atomic mass is 10.2. The number of carbonyl (C=O) groups is 2. The van der Waals surface area contributed by atoms with Crippen LogP contribution in [0.5, 0.6) is 0 Å². The molecule has 0 aliphatic carbocycles. The van der Waals surface area contributed by atoms with Gasteiger partial charge in [-0.3, -0.25) is 9.59 Å². The summed E-state index contributed by atoms with van der Waals surface area (Å²) in [6.45, 7) is 4.15. The number of Topliss-reactive ketones (excluding diaryl/α,β-unsaturated/α-hetero) is 1. The van der Waals surface area contributed by atoms with E-state index in [1.165, 1.54) is 0 Å². The van der Waals surface area contributed by atoms with Crippen molar-refractivity contribution >= 4 is 11.7 Å². The Kier molecular flexibility index (Phi) is 6.14. The predicted molar refractivity (Wildman–Crippen MR) is 49.2 cm³/mol. The molecule has 0 aromatic heterocycles. The normalized spacial score (nSPS) is 12.2. The molecule has 0 aromatic rings. The first kappa shape index (κ1) is 12.1. The van der Waals surface area contributed by atoms with Gasteiger partial charge in [-0.2, -0.15) is 0 Å². The van der Waals surface area contributed by atoms with E-state index in [1.807, 2.05) is 6.92 Å². The molecule has 0 saturated heterocycles. The van der Waals surface area contributed by atoms with Crippen LogP contribution in [0.3, 0.4) is 0 Å². The Morgan fingerprint density at radius 2 is 2.00 bits per heavy atom. The van der Waals surface area contributed by atoms with E-state index in [-0.39, 0.29) is 6.42 Å². The highest BCUT2D eigenvalue weighted by atomic mass is 16.3. The molecule has 1 amide bonds. The molecule has 4 nitrogen and oxygen atoms in total. The number of hydrogen-bond donors (Lipinski definition) is 2. The fraction of sp³-hybridized carbons (Fsp3) is 0.778. The quantitative estimate of drug-likeness (QED) is 0.462. The van der Waals surface area contributed by atoms with Crippen molar-refractivity contribution in [3.63, 3.8) is 0 Å². The minimum absolute atomic E-state index is 0.278. The molecule has 0 aromatic carbocycles. The van der Waals surface area contributed by atoms with Gasteiger partial charge in [-0.05, 0) is 12.8 Å². The van der Waals surface area contributed by atoms with Gasteiger partial charge in [0, 0.05) is 6.54 Å². The fourth-order valence-electron chi connectivity index (χ4n) is 0.803. The van der Waals surface area contributed by atoms with E-state index in [0.717, 1.165) is 12.8 Å². The molecule has 0 heterocycles. The largest absolute Gasteiger partial charge is 0.385 e.